The third kappa shape index (κ3) is 18.9. The molecule has 149 heavy (non-hydrogen) atoms. The van der Waals surface area contributed by atoms with Gasteiger partial charge in [-0.2, -0.15) is 0 Å². The summed E-state index contributed by atoms with van der Waals surface area (Å²) in [5.74, 6) is 2.16. The Balaban J connectivity index is 0.000000111. The van der Waals surface area contributed by atoms with Crippen molar-refractivity contribution in [3.63, 3.8) is 0 Å². The van der Waals surface area contributed by atoms with E-state index in [9.17, 15) is 10.0 Å². The van der Waals surface area contributed by atoms with Crippen LogP contribution in [-0.2, 0) is 10.8 Å². The predicted octanol–water partition coefficient (Wildman–Crippen LogP) is 30.9. The van der Waals surface area contributed by atoms with Crippen molar-refractivity contribution >= 4 is 64.3 Å². The lowest BCUT2D eigenvalue weighted by molar-refractivity contribution is 0.424. The number of fused-ring (bicyclic) bond motifs is 20. The van der Waals surface area contributed by atoms with E-state index in [0.717, 1.165) is 133 Å². The first-order valence-corrected chi connectivity index (χ1v) is 51.0. The van der Waals surface area contributed by atoms with Crippen LogP contribution in [0.15, 0.2) is 532 Å². The molecule has 0 radical (unpaired) electrons. The first-order chi connectivity index (χ1) is 73.2. The maximum absolute atomic E-state index is 9.85. The molecule has 0 unspecified atom stereocenters. The second kappa shape index (κ2) is 42.0. The molecule has 10 nitrogen and oxygen atoms in total. The fourth-order valence-electron chi connectivity index (χ4n) is 21.3. The SMILES string of the molecule is Brc1cccc(-c2cc(-c3ccccc3)nc(-c3ccccc3)n2)c1.Clc1cccc(-c2cccc(-c3cc(-c4ccccc4)nc(-c4ccccc4)n3)c2)c1.OB(O)c1ccc2c(c1)C1(c3ccccc3-c3ccccc31)c1ccccc1-2.OB(O)c1cccc(Cl)c1.c1ccc(-c2cc(-c3cccc(-c4cccc(-c5ccc6c(c5)C5(c7ccccc7-c7ccccc75)c5ccccc5-6)c4)c3)nc(-c3ccccc3)n2)cc1. The lowest BCUT2D eigenvalue weighted by atomic mass is 9.68. The maximum atomic E-state index is 9.85. The number of benzene rings is 20. The molecule has 27 rings (SSSR count). The van der Waals surface area contributed by atoms with Crippen molar-refractivity contribution in [3.05, 3.63) is 587 Å². The second-order valence-corrected chi connectivity index (χ2v) is 38.8. The number of rotatable bonds is 14. The van der Waals surface area contributed by atoms with Gasteiger partial charge in [-0.05, 0) is 212 Å². The highest BCUT2D eigenvalue weighted by atomic mass is 79.9. The van der Waals surface area contributed by atoms with Crippen LogP contribution < -0.4 is 10.9 Å². The quantitative estimate of drug-likeness (QED) is 0.0773. The maximum Gasteiger partial charge on any atom is 0.488 e. The molecule has 0 bridgehead atoms. The van der Waals surface area contributed by atoms with Crippen LogP contribution in [-0.4, -0.2) is 64.2 Å². The molecule has 20 aromatic carbocycles. The molecule has 0 aliphatic heterocycles. The Morgan fingerprint density at radius 1 is 0.168 bits per heavy atom. The average molecular weight is 2020 g/mol. The molecule has 15 heteroatoms. The van der Waals surface area contributed by atoms with Gasteiger partial charge in [-0.25, -0.2) is 29.9 Å². The van der Waals surface area contributed by atoms with E-state index in [1.165, 1.54) is 95.1 Å². The summed E-state index contributed by atoms with van der Waals surface area (Å²) in [6.07, 6.45) is 0. The Labute approximate surface area is 884 Å². The summed E-state index contributed by atoms with van der Waals surface area (Å²) in [6, 6.07) is 182. The zero-order valence-electron chi connectivity index (χ0n) is 80.5. The topological polar surface area (TPSA) is 158 Å². The highest BCUT2D eigenvalue weighted by Gasteiger charge is 2.53. The summed E-state index contributed by atoms with van der Waals surface area (Å²) in [5.41, 5.74) is 42.3. The zero-order valence-corrected chi connectivity index (χ0v) is 83.6. The number of hydrogen-bond acceptors (Lipinski definition) is 10. The molecule has 708 valence electrons. The summed E-state index contributed by atoms with van der Waals surface area (Å²) < 4.78 is 1.03. The lowest BCUT2D eigenvalue weighted by Crippen LogP contribution is -2.32. The molecule has 0 fully saturated rings. The van der Waals surface area contributed by atoms with Crippen molar-refractivity contribution in [1.82, 2.24) is 29.9 Å². The summed E-state index contributed by atoms with van der Waals surface area (Å²) in [5, 5.41) is 38.2. The van der Waals surface area contributed by atoms with Gasteiger partial charge in [0.25, 0.3) is 0 Å². The minimum Gasteiger partial charge on any atom is -0.423 e. The highest BCUT2D eigenvalue weighted by Crippen LogP contribution is 2.65. The van der Waals surface area contributed by atoms with Gasteiger partial charge in [0.1, 0.15) is 0 Å². The first kappa shape index (κ1) is 95.2. The van der Waals surface area contributed by atoms with Gasteiger partial charge in [0.15, 0.2) is 17.5 Å². The summed E-state index contributed by atoms with van der Waals surface area (Å²) in [6.45, 7) is 0. The third-order valence-electron chi connectivity index (χ3n) is 28.1. The van der Waals surface area contributed by atoms with Crippen molar-refractivity contribution in [2.75, 3.05) is 0 Å². The van der Waals surface area contributed by atoms with Gasteiger partial charge in [-0.15, -0.1) is 0 Å². The molecule has 0 saturated carbocycles. The van der Waals surface area contributed by atoms with Crippen LogP contribution in [0.25, 0.3) is 180 Å². The highest BCUT2D eigenvalue weighted by molar-refractivity contribution is 9.10. The minimum absolute atomic E-state index is 0.365. The van der Waals surface area contributed by atoms with Crippen LogP contribution in [0.4, 0.5) is 0 Å². The Morgan fingerprint density at radius 3 is 0.711 bits per heavy atom. The van der Waals surface area contributed by atoms with Crippen molar-refractivity contribution < 1.29 is 20.1 Å². The number of hydrogen-bond donors (Lipinski definition) is 4. The van der Waals surface area contributed by atoms with E-state index in [0.29, 0.717) is 27.6 Å². The van der Waals surface area contributed by atoms with Crippen LogP contribution in [0.2, 0.25) is 10.0 Å². The number of aromatic nitrogens is 6. The molecule has 4 aliphatic rings. The van der Waals surface area contributed by atoms with Gasteiger partial charge >= 0.3 is 14.2 Å². The Kier molecular flexibility index (Phi) is 26.8. The molecule has 3 heterocycles. The fourth-order valence-corrected chi connectivity index (χ4v) is 22.1. The van der Waals surface area contributed by atoms with Crippen molar-refractivity contribution in [2.24, 2.45) is 0 Å². The van der Waals surface area contributed by atoms with E-state index in [1.54, 1.807) is 18.2 Å². The molecule has 0 saturated heterocycles. The molecule has 3 aromatic heterocycles. The van der Waals surface area contributed by atoms with E-state index in [-0.39, 0.29) is 5.41 Å². The third-order valence-corrected chi connectivity index (χ3v) is 29.0. The predicted molar refractivity (Wildman–Crippen MR) is 614 cm³/mol. The van der Waals surface area contributed by atoms with Crippen molar-refractivity contribution in [2.45, 2.75) is 10.8 Å². The van der Waals surface area contributed by atoms with Crippen LogP contribution in [0.3, 0.4) is 0 Å². The molecule has 2 spiro atoms. The monoisotopic (exact) mass is 2020 g/mol. The summed E-state index contributed by atoms with van der Waals surface area (Å²) in [7, 11) is -2.92. The molecule has 23 aromatic rings. The van der Waals surface area contributed by atoms with Crippen LogP contribution >= 0.6 is 39.1 Å². The smallest absolute Gasteiger partial charge is 0.423 e. The Hall–Kier alpha value is -17.3. The van der Waals surface area contributed by atoms with Gasteiger partial charge in [-0.1, -0.05) is 488 Å². The second-order valence-electron chi connectivity index (χ2n) is 37.0. The van der Waals surface area contributed by atoms with E-state index in [2.05, 4.69) is 344 Å². The molecular weight excluding hydrogens is 1930 g/mol. The standard InChI is InChI=1S/C53H34N2.C28H19ClN2.C25H17BO2.C22H15BrN2.C6H6BClO2/c1-3-15-35(16-4-1)50-34-51(55-52(54-50)36-17-5-2-6-18-36)41-22-14-21-39(32-41)37-19-13-20-38(31-37)40-29-30-45-44-25-9-12-28-48(44)53(49(45)33-40)46-26-10-7-23-42(46)43-24-8-11-27-47(43)53;29-25-16-8-14-23(18-25)22-13-7-15-24(17-22)27-19-26(20-9-3-1-4-10-20)30-28(31-27)21-11-5-2-6-12-21;27-26(28)16-13-14-20-19-9-3-6-12-23(19)25(24(20)15-16)21-10-4-1-7-17(21)18-8-2-5-11-22(18)25;23-19-13-7-12-18(14-19)21-15-20(16-8-3-1-4-9-16)24-22(25-21)17-10-5-2-6-11-17;8-6-3-1-2-5(4-6)7(9)10/h1-34H;1-19H;1-15,27-28H;1-15H;1-4,9-10H. The average Bonchev–Trinajstić information content (AvgIpc) is 1.51. The fraction of sp³-hybridized carbons (Fsp3) is 0.0149. The van der Waals surface area contributed by atoms with Crippen LogP contribution in [0.5, 0.6) is 0 Å². The van der Waals surface area contributed by atoms with E-state index >= 15 is 0 Å². The Bertz CT molecular complexity index is 8620. The number of nitrogens with zero attached hydrogens (tertiary/aromatic N) is 6. The zero-order chi connectivity index (χ0) is 101. The molecule has 4 N–H and O–H groups in total. The van der Waals surface area contributed by atoms with Crippen LogP contribution in [0.1, 0.15) is 44.5 Å². The van der Waals surface area contributed by atoms with Gasteiger partial charge in [0.2, 0.25) is 0 Å². The number of halogens is 3. The summed E-state index contributed by atoms with van der Waals surface area (Å²) >= 11 is 15.3. The van der Waals surface area contributed by atoms with Crippen molar-refractivity contribution in [3.8, 4) is 180 Å². The molecule has 4 aliphatic carbocycles. The van der Waals surface area contributed by atoms with E-state index < -0.39 is 19.7 Å². The van der Waals surface area contributed by atoms with E-state index in [4.69, 9.17) is 63.2 Å². The largest absolute Gasteiger partial charge is 0.488 e. The van der Waals surface area contributed by atoms with Crippen LogP contribution in [0, 0.1) is 0 Å². The van der Waals surface area contributed by atoms with Gasteiger partial charge in [-0.3, -0.25) is 0 Å². The Morgan fingerprint density at radius 2 is 0.396 bits per heavy atom. The first-order valence-electron chi connectivity index (χ1n) is 49.4. The lowest BCUT2D eigenvalue weighted by Gasteiger charge is -2.30. The van der Waals surface area contributed by atoms with Gasteiger partial charge in [0.05, 0.1) is 45.0 Å². The van der Waals surface area contributed by atoms with Gasteiger partial charge in [0, 0.05) is 64.6 Å². The molecule has 0 atom stereocenters. The van der Waals surface area contributed by atoms with Gasteiger partial charge < -0.3 is 20.1 Å². The molecular formula is C134H91B2BrCl2N6O4. The normalized spacial score (nSPS) is 12.1. The van der Waals surface area contributed by atoms with E-state index in [1.807, 2.05) is 176 Å². The molecule has 0 amide bonds. The summed E-state index contributed by atoms with van der Waals surface area (Å²) in [4.78, 5) is 29.5. The van der Waals surface area contributed by atoms with Crippen molar-refractivity contribution in [1.29, 1.82) is 0 Å². The minimum atomic E-state index is -1.49.